The second kappa shape index (κ2) is 5.99. The Morgan fingerprint density at radius 2 is 1.76 bits per heavy atom. The number of aryl methyl sites for hydroxylation is 1. The highest BCUT2D eigenvalue weighted by molar-refractivity contribution is 7.07. The van der Waals surface area contributed by atoms with Crippen molar-refractivity contribution in [3.05, 3.63) is 57.8 Å². The lowest BCUT2D eigenvalue weighted by Crippen LogP contribution is -2.29. The molecule has 1 aromatic carbocycles. The van der Waals surface area contributed by atoms with Gasteiger partial charge in [-0.1, -0.05) is 29.8 Å². The lowest BCUT2D eigenvalue weighted by molar-refractivity contribution is 0.557. The molecule has 2 aromatic rings. The van der Waals surface area contributed by atoms with E-state index in [9.17, 15) is 0 Å². The molecule has 2 heteroatoms. The minimum Gasteiger partial charge on any atom is -0.316 e. The molecule has 0 aliphatic rings. The summed E-state index contributed by atoms with van der Waals surface area (Å²) < 4.78 is 0. The molecule has 1 nitrogen and oxygen atoms in total. The van der Waals surface area contributed by atoms with Crippen LogP contribution in [-0.2, 0) is 12.8 Å². The highest BCUT2D eigenvalue weighted by atomic mass is 32.1. The molecule has 90 valence electrons. The fraction of sp³-hybridized carbons (Fsp3) is 0.333. The number of hydrogen-bond acceptors (Lipinski definition) is 2. The van der Waals surface area contributed by atoms with Crippen LogP contribution in [0.25, 0.3) is 0 Å². The normalized spacial score (nSPS) is 12.6. The third kappa shape index (κ3) is 3.69. The molecule has 1 unspecified atom stereocenters. The van der Waals surface area contributed by atoms with Crippen LogP contribution >= 0.6 is 11.3 Å². The molecule has 0 bridgehead atoms. The molecule has 0 saturated heterocycles. The Kier molecular flexibility index (Phi) is 4.35. The Morgan fingerprint density at radius 3 is 2.35 bits per heavy atom. The number of nitrogens with one attached hydrogen (secondary N) is 1. The maximum atomic E-state index is 3.41. The Balaban J connectivity index is 1.97. The zero-order valence-corrected chi connectivity index (χ0v) is 11.3. The van der Waals surface area contributed by atoms with Gasteiger partial charge in [-0.05, 0) is 54.8 Å². The van der Waals surface area contributed by atoms with Crippen molar-refractivity contribution < 1.29 is 0 Å². The summed E-state index contributed by atoms with van der Waals surface area (Å²) in [5.74, 6) is 0. The van der Waals surface area contributed by atoms with Crippen LogP contribution in [0.15, 0.2) is 41.1 Å². The van der Waals surface area contributed by atoms with Crippen LogP contribution in [0.3, 0.4) is 0 Å². The van der Waals surface area contributed by atoms with Gasteiger partial charge < -0.3 is 5.32 Å². The van der Waals surface area contributed by atoms with E-state index in [1.807, 2.05) is 7.05 Å². The summed E-state index contributed by atoms with van der Waals surface area (Å²) in [4.78, 5) is 0. The van der Waals surface area contributed by atoms with E-state index >= 15 is 0 Å². The van der Waals surface area contributed by atoms with Gasteiger partial charge in [-0.15, -0.1) is 0 Å². The summed E-state index contributed by atoms with van der Waals surface area (Å²) in [6, 6.07) is 11.6. The van der Waals surface area contributed by atoms with Crippen LogP contribution in [0.2, 0.25) is 0 Å². The summed E-state index contributed by atoms with van der Waals surface area (Å²) in [5.41, 5.74) is 4.17. The van der Waals surface area contributed by atoms with E-state index in [0.717, 1.165) is 12.8 Å². The molecule has 17 heavy (non-hydrogen) atoms. The molecule has 0 saturated carbocycles. The van der Waals surface area contributed by atoms with Crippen molar-refractivity contribution in [2.75, 3.05) is 7.05 Å². The summed E-state index contributed by atoms with van der Waals surface area (Å²) in [6.45, 7) is 2.13. The highest BCUT2D eigenvalue weighted by Crippen LogP contribution is 2.12. The summed E-state index contributed by atoms with van der Waals surface area (Å²) in [6.07, 6.45) is 2.19. The Bertz CT molecular complexity index is 430. The van der Waals surface area contributed by atoms with Gasteiger partial charge in [0, 0.05) is 6.04 Å². The standard InChI is InChI=1S/C15H19NS/c1-12-3-5-13(6-4-12)9-15(16-2)10-14-7-8-17-11-14/h3-8,11,15-16H,9-10H2,1-2H3. The van der Waals surface area contributed by atoms with Gasteiger partial charge in [-0.25, -0.2) is 0 Å². The molecule has 1 heterocycles. The first-order valence-corrected chi connectivity index (χ1v) is 6.96. The first-order valence-electron chi connectivity index (χ1n) is 6.02. The minimum absolute atomic E-state index is 0.521. The van der Waals surface area contributed by atoms with Gasteiger partial charge in [-0.3, -0.25) is 0 Å². The van der Waals surface area contributed by atoms with E-state index in [1.165, 1.54) is 16.7 Å². The van der Waals surface area contributed by atoms with Gasteiger partial charge in [0.15, 0.2) is 0 Å². The van der Waals surface area contributed by atoms with Crippen LogP contribution in [-0.4, -0.2) is 13.1 Å². The van der Waals surface area contributed by atoms with Gasteiger partial charge in [0.1, 0.15) is 0 Å². The second-order valence-electron chi connectivity index (χ2n) is 4.51. The average Bonchev–Trinajstić information content (AvgIpc) is 2.84. The SMILES string of the molecule is CNC(Cc1ccc(C)cc1)Cc1ccsc1. The fourth-order valence-electron chi connectivity index (χ4n) is 1.98. The van der Waals surface area contributed by atoms with Crippen molar-refractivity contribution in [2.24, 2.45) is 0 Å². The van der Waals surface area contributed by atoms with Gasteiger partial charge >= 0.3 is 0 Å². The number of rotatable bonds is 5. The molecule has 1 aromatic heterocycles. The summed E-state index contributed by atoms with van der Waals surface area (Å²) in [5, 5.41) is 7.79. The van der Waals surface area contributed by atoms with Crippen molar-refractivity contribution >= 4 is 11.3 Å². The molecule has 0 spiro atoms. The molecular formula is C15H19NS. The van der Waals surface area contributed by atoms with E-state index in [-0.39, 0.29) is 0 Å². The topological polar surface area (TPSA) is 12.0 Å². The zero-order chi connectivity index (χ0) is 12.1. The summed E-state index contributed by atoms with van der Waals surface area (Å²) in [7, 11) is 2.05. The van der Waals surface area contributed by atoms with Crippen LogP contribution in [0.5, 0.6) is 0 Å². The van der Waals surface area contributed by atoms with E-state index < -0.39 is 0 Å². The van der Waals surface area contributed by atoms with E-state index in [1.54, 1.807) is 11.3 Å². The van der Waals surface area contributed by atoms with Crippen LogP contribution < -0.4 is 5.32 Å². The second-order valence-corrected chi connectivity index (χ2v) is 5.29. The van der Waals surface area contributed by atoms with Gasteiger partial charge in [0.2, 0.25) is 0 Å². The third-order valence-electron chi connectivity index (χ3n) is 3.07. The molecule has 1 N–H and O–H groups in total. The van der Waals surface area contributed by atoms with Gasteiger partial charge in [0.05, 0.1) is 0 Å². The smallest absolute Gasteiger partial charge is 0.0145 e. The minimum atomic E-state index is 0.521. The molecule has 0 radical (unpaired) electrons. The molecule has 0 amide bonds. The van der Waals surface area contributed by atoms with Crippen molar-refractivity contribution in [3.8, 4) is 0 Å². The zero-order valence-electron chi connectivity index (χ0n) is 10.4. The third-order valence-corrected chi connectivity index (χ3v) is 3.81. The van der Waals surface area contributed by atoms with Crippen molar-refractivity contribution in [3.63, 3.8) is 0 Å². The summed E-state index contributed by atoms with van der Waals surface area (Å²) >= 11 is 1.77. The molecule has 0 aliphatic heterocycles. The first-order chi connectivity index (χ1) is 8.28. The average molecular weight is 245 g/mol. The largest absolute Gasteiger partial charge is 0.316 e. The molecule has 0 aliphatic carbocycles. The number of thiophene rings is 1. The van der Waals surface area contributed by atoms with Gasteiger partial charge in [-0.2, -0.15) is 11.3 Å². The number of hydrogen-bond donors (Lipinski definition) is 1. The maximum absolute atomic E-state index is 3.41. The van der Waals surface area contributed by atoms with Crippen molar-refractivity contribution in [1.29, 1.82) is 0 Å². The lowest BCUT2D eigenvalue weighted by atomic mass is 10.00. The molecule has 1 atom stereocenters. The number of benzene rings is 1. The van der Waals surface area contributed by atoms with E-state index in [0.29, 0.717) is 6.04 Å². The monoisotopic (exact) mass is 245 g/mol. The van der Waals surface area contributed by atoms with Crippen LogP contribution in [0, 0.1) is 6.92 Å². The predicted octanol–water partition coefficient (Wildman–Crippen LogP) is 3.43. The predicted molar refractivity (Wildman–Crippen MR) is 75.8 cm³/mol. The maximum Gasteiger partial charge on any atom is 0.0145 e. The Hall–Kier alpha value is -1.12. The highest BCUT2D eigenvalue weighted by Gasteiger charge is 2.08. The molecule has 0 fully saturated rings. The molecular weight excluding hydrogens is 226 g/mol. The van der Waals surface area contributed by atoms with Gasteiger partial charge in [0.25, 0.3) is 0 Å². The lowest BCUT2D eigenvalue weighted by Gasteiger charge is -2.15. The Morgan fingerprint density at radius 1 is 1.06 bits per heavy atom. The van der Waals surface area contributed by atoms with Crippen LogP contribution in [0.1, 0.15) is 16.7 Å². The van der Waals surface area contributed by atoms with E-state index in [4.69, 9.17) is 0 Å². The Labute approximate surface area is 108 Å². The fourth-order valence-corrected chi connectivity index (χ4v) is 2.66. The van der Waals surface area contributed by atoms with Crippen molar-refractivity contribution in [1.82, 2.24) is 5.32 Å². The molecule has 2 rings (SSSR count). The van der Waals surface area contributed by atoms with Crippen molar-refractivity contribution in [2.45, 2.75) is 25.8 Å². The van der Waals surface area contributed by atoms with E-state index in [2.05, 4.69) is 53.3 Å². The quantitative estimate of drug-likeness (QED) is 0.851. The van der Waals surface area contributed by atoms with Crippen LogP contribution in [0.4, 0.5) is 0 Å². The number of likely N-dealkylation sites (N-methyl/N-ethyl adjacent to an activating group) is 1. The first kappa shape index (κ1) is 12.3.